The highest BCUT2D eigenvalue weighted by Crippen LogP contribution is 2.33. The zero-order valence-electron chi connectivity index (χ0n) is 11.6. The minimum atomic E-state index is 0.266. The molecule has 0 unspecified atom stereocenters. The SMILES string of the molecule is COc1ccc(OC)c(Nc2ccc(Cl)cc2C(N)=S)c1. The summed E-state index contributed by atoms with van der Waals surface area (Å²) in [6, 6.07) is 10.8. The third-order valence-corrected chi connectivity index (χ3v) is 3.38. The number of halogens is 1. The Hall–Kier alpha value is -1.98. The van der Waals surface area contributed by atoms with Crippen LogP contribution in [0.2, 0.25) is 5.02 Å². The fourth-order valence-corrected chi connectivity index (χ4v) is 2.23. The predicted molar refractivity (Wildman–Crippen MR) is 90.2 cm³/mol. The summed E-state index contributed by atoms with van der Waals surface area (Å²) in [7, 11) is 3.21. The van der Waals surface area contributed by atoms with Crippen LogP contribution in [0.25, 0.3) is 0 Å². The van der Waals surface area contributed by atoms with Crippen LogP contribution < -0.4 is 20.5 Å². The zero-order chi connectivity index (χ0) is 15.4. The van der Waals surface area contributed by atoms with Crippen LogP contribution in [-0.2, 0) is 0 Å². The first-order chi connectivity index (χ1) is 10.0. The van der Waals surface area contributed by atoms with E-state index in [0.717, 1.165) is 11.4 Å². The Morgan fingerprint density at radius 1 is 1.10 bits per heavy atom. The summed E-state index contributed by atoms with van der Waals surface area (Å²) in [5, 5.41) is 3.81. The molecular formula is C15H15ClN2O2S. The second kappa shape index (κ2) is 6.65. The molecule has 0 aliphatic rings. The van der Waals surface area contributed by atoms with Gasteiger partial charge < -0.3 is 20.5 Å². The number of benzene rings is 2. The topological polar surface area (TPSA) is 56.5 Å². The molecule has 0 aliphatic heterocycles. The van der Waals surface area contributed by atoms with Gasteiger partial charge in [0.1, 0.15) is 16.5 Å². The van der Waals surface area contributed by atoms with E-state index < -0.39 is 0 Å². The number of nitrogens with two attached hydrogens (primary N) is 1. The summed E-state index contributed by atoms with van der Waals surface area (Å²) >= 11 is 11.0. The maximum Gasteiger partial charge on any atom is 0.142 e. The van der Waals surface area contributed by atoms with Gasteiger partial charge in [-0.25, -0.2) is 0 Å². The fraction of sp³-hybridized carbons (Fsp3) is 0.133. The summed E-state index contributed by atoms with van der Waals surface area (Å²) in [6.07, 6.45) is 0. The normalized spacial score (nSPS) is 10.0. The molecule has 2 rings (SSSR count). The van der Waals surface area contributed by atoms with E-state index in [2.05, 4.69) is 5.32 Å². The van der Waals surface area contributed by atoms with Crippen LogP contribution in [0.5, 0.6) is 11.5 Å². The van der Waals surface area contributed by atoms with Crippen LogP contribution >= 0.6 is 23.8 Å². The van der Waals surface area contributed by atoms with Crippen molar-refractivity contribution in [2.45, 2.75) is 0 Å². The van der Waals surface area contributed by atoms with Gasteiger partial charge in [-0.1, -0.05) is 23.8 Å². The Kier molecular flexibility index (Phi) is 4.88. The minimum Gasteiger partial charge on any atom is -0.497 e. The highest BCUT2D eigenvalue weighted by Gasteiger charge is 2.10. The molecule has 0 atom stereocenters. The fourth-order valence-electron chi connectivity index (χ4n) is 1.89. The van der Waals surface area contributed by atoms with Crippen molar-refractivity contribution in [3.8, 4) is 11.5 Å². The van der Waals surface area contributed by atoms with Crippen LogP contribution in [0.15, 0.2) is 36.4 Å². The van der Waals surface area contributed by atoms with E-state index >= 15 is 0 Å². The lowest BCUT2D eigenvalue weighted by Crippen LogP contribution is -2.12. The lowest BCUT2D eigenvalue weighted by Gasteiger charge is -2.15. The molecule has 0 amide bonds. The highest BCUT2D eigenvalue weighted by molar-refractivity contribution is 7.80. The Balaban J connectivity index is 2.44. The molecule has 6 heteroatoms. The summed E-state index contributed by atoms with van der Waals surface area (Å²) in [6.45, 7) is 0. The quantitative estimate of drug-likeness (QED) is 0.821. The van der Waals surface area contributed by atoms with E-state index in [4.69, 9.17) is 39.0 Å². The van der Waals surface area contributed by atoms with E-state index in [1.807, 2.05) is 24.3 Å². The first kappa shape index (κ1) is 15.4. The number of anilines is 2. The number of hydrogen-bond donors (Lipinski definition) is 2. The zero-order valence-corrected chi connectivity index (χ0v) is 13.2. The van der Waals surface area contributed by atoms with E-state index in [1.165, 1.54) is 0 Å². The molecule has 0 saturated carbocycles. The van der Waals surface area contributed by atoms with Gasteiger partial charge in [0.25, 0.3) is 0 Å². The third-order valence-electron chi connectivity index (χ3n) is 2.92. The molecule has 4 nitrogen and oxygen atoms in total. The van der Waals surface area contributed by atoms with Crippen molar-refractivity contribution in [2.75, 3.05) is 19.5 Å². The smallest absolute Gasteiger partial charge is 0.142 e. The second-order valence-corrected chi connectivity index (χ2v) is 5.12. The number of ether oxygens (including phenoxy) is 2. The van der Waals surface area contributed by atoms with Crippen LogP contribution in [0.4, 0.5) is 11.4 Å². The Labute approximate surface area is 133 Å². The first-order valence-electron chi connectivity index (χ1n) is 6.13. The molecule has 0 spiro atoms. The minimum absolute atomic E-state index is 0.266. The largest absolute Gasteiger partial charge is 0.497 e. The summed E-state index contributed by atoms with van der Waals surface area (Å²) in [5.74, 6) is 1.39. The van der Waals surface area contributed by atoms with E-state index in [9.17, 15) is 0 Å². The van der Waals surface area contributed by atoms with Crippen LogP contribution in [0.1, 0.15) is 5.56 Å². The van der Waals surface area contributed by atoms with Gasteiger partial charge in [0.05, 0.1) is 19.9 Å². The van der Waals surface area contributed by atoms with Crippen molar-refractivity contribution in [1.82, 2.24) is 0 Å². The molecule has 2 aromatic carbocycles. The van der Waals surface area contributed by atoms with Crippen molar-refractivity contribution < 1.29 is 9.47 Å². The number of thiocarbonyl (C=S) groups is 1. The number of hydrogen-bond acceptors (Lipinski definition) is 4. The van der Waals surface area contributed by atoms with Crippen LogP contribution in [-0.4, -0.2) is 19.2 Å². The monoisotopic (exact) mass is 322 g/mol. The Morgan fingerprint density at radius 2 is 1.86 bits per heavy atom. The molecule has 110 valence electrons. The Morgan fingerprint density at radius 3 is 2.48 bits per heavy atom. The van der Waals surface area contributed by atoms with Crippen molar-refractivity contribution in [3.05, 3.63) is 47.0 Å². The maximum absolute atomic E-state index is 5.98. The van der Waals surface area contributed by atoms with Gasteiger partial charge in [-0.05, 0) is 30.3 Å². The van der Waals surface area contributed by atoms with Gasteiger partial charge in [0.2, 0.25) is 0 Å². The average molecular weight is 323 g/mol. The molecule has 21 heavy (non-hydrogen) atoms. The molecule has 0 radical (unpaired) electrons. The predicted octanol–water partition coefficient (Wildman–Crippen LogP) is 3.74. The van der Waals surface area contributed by atoms with Crippen molar-refractivity contribution in [3.63, 3.8) is 0 Å². The van der Waals surface area contributed by atoms with Gasteiger partial charge in [0.15, 0.2) is 0 Å². The standard InChI is InChI=1S/C15H15ClN2O2S/c1-19-10-4-6-14(20-2)13(8-10)18-12-5-3-9(16)7-11(12)15(17)21/h3-8,18H,1-2H3,(H2,17,21). The molecule has 0 aromatic heterocycles. The lowest BCUT2D eigenvalue weighted by atomic mass is 10.1. The summed E-state index contributed by atoms with van der Waals surface area (Å²) in [5.41, 5.74) is 7.90. The summed E-state index contributed by atoms with van der Waals surface area (Å²) in [4.78, 5) is 0.266. The van der Waals surface area contributed by atoms with Crippen molar-refractivity contribution in [1.29, 1.82) is 0 Å². The summed E-state index contributed by atoms with van der Waals surface area (Å²) < 4.78 is 10.6. The van der Waals surface area contributed by atoms with Gasteiger partial charge in [-0.15, -0.1) is 0 Å². The van der Waals surface area contributed by atoms with Gasteiger partial charge in [0, 0.05) is 22.3 Å². The Bertz CT molecular complexity index is 677. The maximum atomic E-state index is 5.98. The van der Waals surface area contributed by atoms with Crippen LogP contribution in [0, 0.1) is 0 Å². The van der Waals surface area contributed by atoms with Crippen molar-refractivity contribution >= 4 is 40.2 Å². The van der Waals surface area contributed by atoms with Crippen molar-refractivity contribution in [2.24, 2.45) is 5.73 Å². The van der Waals surface area contributed by atoms with Gasteiger partial charge >= 0.3 is 0 Å². The van der Waals surface area contributed by atoms with Gasteiger partial charge in [-0.3, -0.25) is 0 Å². The lowest BCUT2D eigenvalue weighted by molar-refractivity contribution is 0.405. The molecule has 0 saturated heterocycles. The van der Waals surface area contributed by atoms with Gasteiger partial charge in [-0.2, -0.15) is 0 Å². The number of rotatable bonds is 5. The van der Waals surface area contributed by atoms with E-state index in [-0.39, 0.29) is 4.99 Å². The van der Waals surface area contributed by atoms with E-state index in [1.54, 1.807) is 26.4 Å². The highest BCUT2D eigenvalue weighted by atomic mass is 35.5. The average Bonchev–Trinajstić information content (AvgIpc) is 2.48. The van der Waals surface area contributed by atoms with Crippen LogP contribution in [0.3, 0.4) is 0 Å². The molecule has 0 fully saturated rings. The second-order valence-electron chi connectivity index (χ2n) is 4.25. The molecule has 0 heterocycles. The molecule has 3 N–H and O–H groups in total. The number of nitrogens with one attached hydrogen (secondary N) is 1. The molecule has 2 aromatic rings. The molecule has 0 aliphatic carbocycles. The first-order valence-corrected chi connectivity index (χ1v) is 6.92. The number of methoxy groups -OCH3 is 2. The third kappa shape index (κ3) is 3.56. The molecular weight excluding hydrogens is 308 g/mol. The molecule has 0 bridgehead atoms. The van der Waals surface area contributed by atoms with E-state index in [0.29, 0.717) is 22.1 Å².